The number of nitrogens with zero attached hydrogens (tertiary/aromatic N) is 2. The minimum absolute atomic E-state index is 0.0348. The lowest BCUT2D eigenvalue weighted by atomic mass is 10.0. The largest absolute Gasteiger partial charge is 0.478 e. The van der Waals surface area contributed by atoms with E-state index >= 15 is 0 Å². The zero-order valence-electron chi connectivity index (χ0n) is 14.3. The van der Waals surface area contributed by atoms with Gasteiger partial charge in [-0.2, -0.15) is 4.31 Å². The van der Waals surface area contributed by atoms with Gasteiger partial charge in [-0.3, -0.25) is 4.79 Å². The maximum atomic E-state index is 12.7. The Morgan fingerprint density at radius 3 is 2.27 bits per heavy atom. The van der Waals surface area contributed by atoms with Crippen molar-refractivity contribution < 1.29 is 27.9 Å². The highest BCUT2D eigenvalue weighted by atomic mass is 32.2. The van der Waals surface area contributed by atoms with E-state index in [0.29, 0.717) is 26.3 Å². The van der Waals surface area contributed by atoms with E-state index in [2.05, 4.69) is 0 Å². The third-order valence-electron chi connectivity index (χ3n) is 4.80. The Hall–Kier alpha value is -1.97. The number of carboxylic acids is 1. The van der Waals surface area contributed by atoms with Gasteiger partial charge in [-0.25, -0.2) is 13.2 Å². The molecule has 0 bridgehead atoms. The first-order chi connectivity index (χ1) is 12.4. The topological polar surface area (TPSA) is 104 Å². The molecule has 2 heterocycles. The number of amides is 1. The molecule has 26 heavy (non-hydrogen) atoms. The number of rotatable bonds is 4. The fourth-order valence-electron chi connectivity index (χ4n) is 3.26. The van der Waals surface area contributed by atoms with E-state index in [4.69, 9.17) is 9.84 Å². The molecule has 1 amide bonds. The quantitative estimate of drug-likeness (QED) is 0.820. The van der Waals surface area contributed by atoms with Crippen LogP contribution in [0.2, 0.25) is 0 Å². The summed E-state index contributed by atoms with van der Waals surface area (Å²) in [7, 11) is -3.70. The zero-order valence-corrected chi connectivity index (χ0v) is 15.2. The third kappa shape index (κ3) is 3.89. The van der Waals surface area contributed by atoms with Crippen LogP contribution in [0.15, 0.2) is 29.2 Å². The van der Waals surface area contributed by atoms with E-state index in [1.54, 1.807) is 4.90 Å². The summed E-state index contributed by atoms with van der Waals surface area (Å²) in [6.07, 6.45) is 1.68. The fraction of sp³-hybridized carbons (Fsp3) is 0.529. The lowest BCUT2D eigenvalue weighted by Gasteiger charge is -2.36. The molecule has 2 aliphatic rings. The van der Waals surface area contributed by atoms with Crippen molar-refractivity contribution in [1.82, 2.24) is 9.21 Å². The normalized spacial score (nSPS) is 22.2. The first-order valence-corrected chi connectivity index (χ1v) is 10.0. The maximum Gasteiger partial charge on any atom is 0.335 e. The highest BCUT2D eigenvalue weighted by molar-refractivity contribution is 7.89. The van der Waals surface area contributed by atoms with E-state index in [1.807, 2.05) is 0 Å². The van der Waals surface area contributed by atoms with Gasteiger partial charge in [0.05, 0.1) is 23.0 Å². The summed E-state index contributed by atoms with van der Waals surface area (Å²) in [5.74, 6) is -1.20. The molecule has 0 saturated carbocycles. The molecule has 3 rings (SSSR count). The number of aromatic carboxylic acids is 1. The summed E-state index contributed by atoms with van der Waals surface area (Å²) in [5.41, 5.74) is 0.0362. The number of carbonyl (C=O) groups is 2. The zero-order chi connectivity index (χ0) is 18.7. The standard InChI is InChI=1S/C17H22N2O6S/c20-16(14-2-1-11-25-12-14)18-7-9-19(10-8-18)26(23,24)15-5-3-13(4-6-15)17(21)22/h3-6,14H,1-2,7-12H2,(H,21,22). The van der Waals surface area contributed by atoms with E-state index < -0.39 is 16.0 Å². The second-order valence-corrected chi connectivity index (χ2v) is 8.41. The lowest BCUT2D eigenvalue weighted by molar-refractivity contribution is -0.140. The molecule has 1 N–H and O–H groups in total. The molecule has 0 spiro atoms. The number of hydrogen-bond donors (Lipinski definition) is 1. The number of sulfonamides is 1. The molecule has 9 heteroatoms. The van der Waals surface area contributed by atoms with Crippen LogP contribution in [0.4, 0.5) is 0 Å². The number of benzene rings is 1. The van der Waals surface area contributed by atoms with Crippen LogP contribution >= 0.6 is 0 Å². The van der Waals surface area contributed by atoms with Gasteiger partial charge < -0.3 is 14.7 Å². The van der Waals surface area contributed by atoms with Crippen LogP contribution in [0.25, 0.3) is 0 Å². The molecule has 0 radical (unpaired) electrons. The Morgan fingerprint density at radius 2 is 1.73 bits per heavy atom. The van der Waals surface area contributed by atoms with Crippen molar-refractivity contribution in [3.05, 3.63) is 29.8 Å². The van der Waals surface area contributed by atoms with Crippen LogP contribution in [-0.4, -0.2) is 74.0 Å². The molecule has 0 aromatic heterocycles. The highest BCUT2D eigenvalue weighted by Gasteiger charge is 2.33. The van der Waals surface area contributed by atoms with Gasteiger partial charge in [0.15, 0.2) is 0 Å². The molecular formula is C17H22N2O6S. The second-order valence-electron chi connectivity index (χ2n) is 6.47. The van der Waals surface area contributed by atoms with Gasteiger partial charge in [-0.05, 0) is 37.1 Å². The van der Waals surface area contributed by atoms with Crippen molar-refractivity contribution >= 4 is 21.9 Å². The van der Waals surface area contributed by atoms with E-state index in [9.17, 15) is 18.0 Å². The number of hydrogen-bond acceptors (Lipinski definition) is 5. The minimum Gasteiger partial charge on any atom is -0.478 e. The summed E-state index contributed by atoms with van der Waals surface area (Å²) in [6, 6.07) is 5.15. The highest BCUT2D eigenvalue weighted by Crippen LogP contribution is 2.21. The van der Waals surface area contributed by atoms with E-state index in [1.165, 1.54) is 28.6 Å². The molecule has 1 unspecified atom stereocenters. The van der Waals surface area contributed by atoms with Crippen LogP contribution < -0.4 is 0 Å². The Kier molecular flexibility index (Phi) is 5.59. The minimum atomic E-state index is -3.70. The van der Waals surface area contributed by atoms with Gasteiger partial charge in [0.25, 0.3) is 0 Å². The van der Waals surface area contributed by atoms with Gasteiger partial charge in [-0.15, -0.1) is 0 Å². The summed E-state index contributed by atoms with van der Waals surface area (Å²) in [4.78, 5) is 25.2. The molecule has 1 atom stereocenters. The van der Waals surface area contributed by atoms with Crippen molar-refractivity contribution in [2.45, 2.75) is 17.7 Å². The molecule has 0 aliphatic carbocycles. The lowest BCUT2D eigenvalue weighted by Crippen LogP contribution is -2.52. The third-order valence-corrected chi connectivity index (χ3v) is 6.71. The van der Waals surface area contributed by atoms with Gasteiger partial charge >= 0.3 is 5.97 Å². The monoisotopic (exact) mass is 382 g/mol. The average molecular weight is 382 g/mol. The number of ether oxygens (including phenoxy) is 1. The molecular weight excluding hydrogens is 360 g/mol. The molecule has 142 valence electrons. The number of carbonyl (C=O) groups excluding carboxylic acids is 1. The Balaban J connectivity index is 1.63. The summed E-state index contributed by atoms with van der Waals surface area (Å²) < 4.78 is 32.1. The second kappa shape index (κ2) is 7.73. The predicted molar refractivity (Wildman–Crippen MR) is 92.3 cm³/mol. The van der Waals surface area contributed by atoms with E-state index in [0.717, 1.165) is 12.8 Å². The smallest absolute Gasteiger partial charge is 0.335 e. The number of piperazine rings is 1. The Morgan fingerprint density at radius 1 is 1.08 bits per heavy atom. The molecule has 1 aromatic rings. The SMILES string of the molecule is O=C(O)c1ccc(S(=O)(=O)N2CCN(C(=O)C3CCCOC3)CC2)cc1. The molecule has 8 nitrogen and oxygen atoms in total. The average Bonchev–Trinajstić information content (AvgIpc) is 2.68. The van der Waals surface area contributed by atoms with Crippen molar-refractivity contribution in [2.75, 3.05) is 39.4 Å². The maximum absolute atomic E-state index is 12.7. The van der Waals surface area contributed by atoms with Crippen LogP contribution in [0.5, 0.6) is 0 Å². The summed E-state index contributed by atoms with van der Waals surface area (Å²) in [6.45, 7) is 2.28. The summed E-state index contributed by atoms with van der Waals surface area (Å²) in [5, 5.41) is 8.91. The van der Waals surface area contributed by atoms with Crippen molar-refractivity contribution in [2.24, 2.45) is 5.92 Å². The molecule has 2 saturated heterocycles. The molecule has 2 fully saturated rings. The first-order valence-electron chi connectivity index (χ1n) is 8.59. The molecule has 1 aromatic carbocycles. The van der Waals surface area contributed by atoms with E-state index in [-0.39, 0.29) is 35.4 Å². The molecule has 2 aliphatic heterocycles. The van der Waals surface area contributed by atoms with Crippen LogP contribution in [0.1, 0.15) is 23.2 Å². The number of carboxylic acid groups (broad SMARTS) is 1. The van der Waals surface area contributed by atoms with Crippen molar-refractivity contribution in [3.63, 3.8) is 0 Å². The fourth-order valence-corrected chi connectivity index (χ4v) is 4.68. The van der Waals surface area contributed by atoms with Crippen molar-refractivity contribution in [1.29, 1.82) is 0 Å². The van der Waals surface area contributed by atoms with Gasteiger partial charge in [0, 0.05) is 32.8 Å². The van der Waals surface area contributed by atoms with Crippen LogP contribution in [0, 0.1) is 5.92 Å². The van der Waals surface area contributed by atoms with Gasteiger partial charge in [0.1, 0.15) is 0 Å². The summed E-state index contributed by atoms with van der Waals surface area (Å²) >= 11 is 0. The Labute approximate surface area is 152 Å². The van der Waals surface area contributed by atoms with Crippen LogP contribution in [-0.2, 0) is 19.6 Å². The van der Waals surface area contributed by atoms with Gasteiger partial charge in [0.2, 0.25) is 15.9 Å². The predicted octanol–water partition coefficient (Wildman–Crippen LogP) is 0.644. The Bertz CT molecular complexity index is 763. The van der Waals surface area contributed by atoms with Crippen LogP contribution in [0.3, 0.4) is 0 Å². The van der Waals surface area contributed by atoms with Gasteiger partial charge in [-0.1, -0.05) is 0 Å². The first kappa shape index (κ1) is 18.8. The van der Waals surface area contributed by atoms with Crippen molar-refractivity contribution in [3.8, 4) is 0 Å².